The lowest BCUT2D eigenvalue weighted by molar-refractivity contribution is 0.0908. The predicted molar refractivity (Wildman–Crippen MR) is 109 cm³/mol. The molecular formula is C22H29N3O3. The van der Waals surface area contributed by atoms with Crippen LogP contribution in [0.25, 0.3) is 0 Å². The molecular weight excluding hydrogens is 354 g/mol. The average molecular weight is 383 g/mol. The van der Waals surface area contributed by atoms with Crippen molar-refractivity contribution in [1.82, 2.24) is 15.2 Å². The van der Waals surface area contributed by atoms with E-state index in [0.717, 1.165) is 49.5 Å². The maximum atomic E-state index is 12.4. The molecule has 1 N–H and O–H groups in total. The molecule has 2 aromatic rings. The number of hydrogen-bond acceptors (Lipinski definition) is 5. The van der Waals surface area contributed by atoms with Gasteiger partial charge < -0.3 is 14.8 Å². The van der Waals surface area contributed by atoms with Gasteiger partial charge in [0.1, 0.15) is 0 Å². The van der Waals surface area contributed by atoms with Gasteiger partial charge in [-0.3, -0.25) is 14.7 Å². The van der Waals surface area contributed by atoms with Gasteiger partial charge in [0.2, 0.25) is 0 Å². The zero-order chi connectivity index (χ0) is 19.9. The van der Waals surface area contributed by atoms with Crippen molar-refractivity contribution in [1.29, 1.82) is 0 Å². The minimum Gasteiger partial charge on any atom is -0.493 e. The zero-order valence-corrected chi connectivity index (χ0v) is 16.9. The molecule has 1 aromatic heterocycles. The summed E-state index contributed by atoms with van der Waals surface area (Å²) in [6.45, 7) is 7.30. The van der Waals surface area contributed by atoms with Gasteiger partial charge in [-0.25, -0.2) is 0 Å². The summed E-state index contributed by atoms with van der Waals surface area (Å²) < 4.78 is 11.0. The molecule has 28 heavy (non-hydrogen) atoms. The maximum Gasteiger partial charge on any atom is 0.253 e. The monoisotopic (exact) mass is 383 g/mol. The van der Waals surface area contributed by atoms with Crippen molar-refractivity contribution in [3.8, 4) is 11.5 Å². The Morgan fingerprint density at radius 3 is 2.68 bits per heavy atom. The number of aryl methyl sites for hydroxylation is 1. The fourth-order valence-corrected chi connectivity index (χ4v) is 3.53. The Hall–Kier alpha value is -2.60. The summed E-state index contributed by atoms with van der Waals surface area (Å²) in [5, 5.41) is 3.15. The molecule has 0 radical (unpaired) electrons. The highest BCUT2D eigenvalue weighted by atomic mass is 16.5. The Labute approximate surface area is 166 Å². The van der Waals surface area contributed by atoms with E-state index in [1.807, 2.05) is 26.0 Å². The highest BCUT2D eigenvalue weighted by molar-refractivity contribution is 5.94. The van der Waals surface area contributed by atoms with Gasteiger partial charge in [0.05, 0.1) is 19.3 Å². The first kappa shape index (κ1) is 20.1. The van der Waals surface area contributed by atoms with Crippen molar-refractivity contribution in [2.45, 2.75) is 39.3 Å². The van der Waals surface area contributed by atoms with E-state index in [4.69, 9.17) is 9.47 Å². The summed E-state index contributed by atoms with van der Waals surface area (Å²) in [7, 11) is 1.66. The van der Waals surface area contributed by atoms with Crippen LogP contribution < -0.4 is 14.8 Å². The van der Waals surface area contributed by atoms with Crippen molar-refractivity contribution in [2.75, 3.05) is 26.8 Å². The number of carbonyl (C=O) groups excluding carboxylic acids is 1. The Kier molecular flexibility index (Phi) is 6.87. The molecule has 150 valence electrons. The van der Waals surface area contributed by atoms with Crippen LogP contribution in [0.2, 0.25) is 0 Å². The van der Waals surface area contributed by atoms with Crippen LogP contribution in [0.15, 0.2) is 36.7 Å². The Balaban J connectivity index is 1.51. The summed E-state index contributed by atoms with van der Waals surface area (Å²) in [4.78, 5) is 18.9. The second-order valence-electron chi connectivity index (χ2n) is 7.19. The van der Waals surface area contributed by atoms with Gasteiger partial charge in [-0.1, -0.05) is 6.07 Å². The van der Waals surface area contributed by atoms with Gasteiger partial charge >= 0.3 is 0 Å². The molecule has 0 saturated carbocycles. The number of piperidine rings is 1. The number of likely N-dealkylation sites (tertiary alicyclic amines) is 1. The average Bonchev–Trinajstić information content (AvgIpc) is 2.70. The van der Waals surface area contributed by atoms with Gasteiger partial charge in [-0.15, -0.1) is 0 Å². The molecule has 1 amide bonds. The van der Waals surface area contributed by atoms with E-state index >= 15 is 0 Å². The van der Waals surface area contributed by atoms with Gasteiger partial charge in [-0.05, 0) is 56.0 Å². The van der Waals surface area contributed by atoms with Crippen LogP contribution in [0.5, 0.6) is 11.5 Å². The first-order valence-corrected chi connectivity index (χ1v) is 9.83. The Morgan fingerprint density at radius 2 is 2.00 bits per heavy atom. The molecule has 0 aliphatic carbocycles. The molecule has 1 fully saturated rings. The largest absolute Gasteiger partial charge is 0.493 e. The molecule has 6 nitrogen and oxygen atoms in total. The molecule has 0 bridgehead atoms. The summed E-state index contributed by atoms with van der Waals surface area (Å²) in [6, 6.07) is 8.18. The van der Waals surface area contributed by atoms with E-state index in [0.29, 0.717) is 12.2 Å². The predicted octanol–water partition coefficient (Wildman–Crippen LogP) is 3.19. The Morgan fingerprint density at radius 1 is 1.21 bits per heavy atom. The summed E-state index contributed by atoms with van der Waals surface area (Å²) in [5.41, 5.74) is 2.83. The molecule has 3 rings (SSSR count). The number of benzene rings is 1. The number of methoxy groups -OCH3 is 1. The molecule has 0 unspecified atom stereocenters. The zero-order valence-electron chi connectivity index (χ0n) is 16.9. The van der Waals surface area contributed by atoms with Crippen molar-refractivity contribution in [3.63, 3.8) is 0 Å². The highest BCUT2D eigenvalue weighted by Gasteiger charge is 2.21. The van der Waals surface area contributed by atoms with Crippen LogP contribution >= 0.6 is 0 Å². The molecule has 2 heterocycles. The number of carbonyl (C=O) groups is 1. The van der Waals surface area contributed by atoms with E-state index in [9.17, 15) is 4.79 Å². The number of ether oxygens (including phenoxy) is 2. The second-order valence-corrected chi connectivity index (χ2v) is 7.19. The molecule has 1 saturated heterocycles. The second kappa shape index (κ2) is 9.55. The third kappa shape index (κ3) is 5.23. The quantitative estimate of drug-likeness (QED) is 0.796. The number of amides is 1. The van der Waals surface area contributed by atoms with E-state index in [1.54, 1.807) is 19.5 Å². The summed E-state index contributed by atoms with van der Waals surface area (Å²) in [5.74, 6) is 1.51. The van der Waals surface area contributed by atoms with E-state index in [-0.39, 0.29) is 11.9 Å². The minimum atomic E-state index is -0.0360. The van der Waals surface area contributed by atoms with Crippen LogP contribution in [0, 0.1) is 6.92 Å². The van der Waals surface area contributed by atoms with Gasteiger partial charge in [0.25, 0.3) is 5.91 Å². The highest BCUT2D eigenvalue weighted by Crippen LogP contribution is 2.29. The molecule has 0 spiro atoms. The molecule has 1 aromatic carbocycles. The van der Waals surface area contributed by atoms with Crippen LogP contribution in [0.1, 0.15) is 41.3 Å². The number of pyridine rings is 1. The van der Waals surface area contributed by atoms with Crippen LogP contribution in [-0.4, -0.2) is 48.6 Å². The van der Waals surface area contributed by atoms with Crippen molar-refractivity contribution >= 4 is 5.91 Å². The number of nitrogens with one attached hydrogen (secondary N) is 1. The third-order valence-electron chi connectivity index (χ3n) is 4.99. The molecule has 6 heteroatoms. The first-order chi connectivity index (χ1) is 13.6. The van der Waals surface area contributed by atoms with E-state index in [2.05, 4.69) is 27.3 Å². The number of rotatable bonds is 7. The van der Waals surface area contributed by atoms with Crippen LogP contribution in [0.3, 0.4) is 0 Å². The van der Waals surface area contributed by atoms with Gasteiger partial charge in [0.15, 0.2) is 11.5 Å². The SMILES string of the molecule is CCOc1cc(CN2CCC(NC(=O)c3cncc(C)c3)CC2)ccc1OC. The maximum absolute atomic E-state index is 12.4. The minimum absolute atomic E-state index is 0.0360. The lowest BCUT2D eigenvalue weighted by Crippen LogP contribution is -2.44. The van der Waals surface area contributed by atoms with Crippen molar-refractivity contribution in [2.24, 2.45) is 0 Å². The van der Waals surface area contributed by atoms with E-state index in [1.165, 1.54) is 5.56 Å². The number of hydrogen-bond donors (Lipinski definition) is 1. The lowest BCUT2D eigenvalue weighted by Gasteiger charge is -2.32. The third-order valence-corrected chi connectivity index (χ3v) is 4.99. The smallest absolute Gasteiger partial charge is 0.253 e. The van der Waals surface area contributed by atoms with Crippen molar-refractivity contribution in [3.05, 3.63) is 53.3 Å². The fourth-order valence-electron chi connectivity index (χ4n) is 3.53. The molecule has 1 aliphatic rings. The number of nitrogens with zero attached hydrogens (tertiary/aromatic N) is 2. The van der Waals surface area contributed by atoms with Crippen molar-refractivity contribution < 1.29 is 14.3 Å². The van der Waals surface area contributed by atoms with Gasteiger partial charge in [0, 0.05) is 38.1 Å². The molecule has 1 aliphatic heterocycles. The van der Waals surface area contributed by atoms with E-state index < -0.39 is 0 Å². The topological polar surface area (TPSA) is 63.7 Å². The number of aromatic nitrogens is 1. The van der Waals surface area contributed by atoms with Crippen LogP contribution in [-0.2, 0) is 6.54 Å². The lowest BCUT2D eigenvalue weighted by atomic mass is 10.0. The van der Waals surface area contributed by atoms with Crippen LogP contribution in [0.4, 0.5) is 0 Å². The normalized spacial score (nSPS) is 15.2. The fraction of sp³-hybridized carbons (Fsp3) is 0.455. The molecule has 0 atom stereocenters. The first-order valence-electron chi connectivity index (χ1n) is 9.83. The standard InChI is InChI=1S/C22H29N3O3/c1-4-28-21-12-17(5-6-20(21)27-3)15-25-9-7-19(8-10-25)24-22(26)18-11-16(2)13-23-14-18/h5-6,11-14,19H,4,7-10,15H2,1-3H3,(H,24,26). The summed E-state index contributed by atoms with van der Waals surface area (Å²) in [6.07, 6.45) is 5.27. The van der Waals surface area contributed by atoms with Gasteiger partial charge in [-0.2, -0.15) is 0 Å². The summed E-state index contributed by atoms with van der Waals surface area (Å²) >= 11 is 0. The Bertz CT molecular complexity index is 801.